The molecule has 2 rings (SSSR count). The summed E-state index contributed by atoms with van der Waals surface area (Å²) in [7, 11) is 0. The molecule has 0 aromatic heterocycles. The Hall–Kier alpha value is -2.20. The highest BCUT2D eigenvalue weighted by Crippen LogP contribution is 2.27. The second kappa shape index (κ2) is 6.11. The fourth-order valence-corrected chi connectivity index (χ4v) is 1.92. The number of anilines is 3. The Bertz CT molecular complexity index is 534. The van der Waals surface area contributed by atoms with Crippen molar-refractivity contribution in [3.8, 4) is 11.1 Å². The first-order valence-electron chi connectivity index (χ1n) is 6.45. The monoisotopic (exact) mass is 256 g/mol. The van der Waals surface area contributed by atoms with Crippen LogP contribution in [0.5, 0.6) is 0 Å². The third kappa shape index (κ3) is 3.17. The molecule has 2 aromatic carbocycles. The van der Waals surface area contributed by atoms with Crippen molar-refractivity contribution in [1.82, 2.24) is 0 Å². The van der Waals surface area contributed by atoms with E-state index in [1.807, 2.05) is 18.2 Å². The molecule has 0 unspecified atom stereocenters. The quantitative estimate of drug-likeness (QED) is 0.377. The van der Waals surface area contributed by atoms with Crippen LogP contribution in [-0.2, 0) is 0 Å². The van der Waals surface area contributed by atoms with Gasteiger partial charge in [-0.25, -0.2) is 0 Å². The summed E-state index contributed by atoms with van der Waals surface area (Å²) in [6, 6.07) is 14.1. The normalized spacial score (nSPS) is 10.2. The molecule has 0 atom stereocenters. The van der Waals surface area contributed by atoms with Gasteiger partial charge < -0.3 is 16.5 Å². The Labute approximate surface area is 113 Å². The van der Waals surface area contributed by atoms with E-state index in [2.05, 4.69) is 41.9 Å². The topological polar surface area (TPSA) is 76.1 Å². The lowest BCUT2D eigenvalue weighted by atomic mass is 10.0. The Balaban J connectivity index is 2.19. The molecule has 0 aliphatic carbocycles. The SMILES string of the molecule is CCCNc1ccc(-c2ccc(NN)c(N)c2)cc1. The van der Waals surface area contributed by atoms with E-state index in [9.17, 15) is 0 Å². The van der Waals surface area contributed by atoms with Crippen LogP contribution in [0.4, 0.5) is 17.1 Å². The highest BCUT2D eigenvalue weighted by Gasteiger charge is 2.02. The molecule has 0 amide bonds. The maximum atomic E-state index is 5.91. The molecule has 0 fully saturated rings. The number of benzene rings is 2. The van der Waals surface area contributed by atoms with Gasteiger partial charge in [0, 0.05) is 12.2 Å². The van der Waals surface area contributed by atoms with E-state index in [0.29, 0.717) is 5.69 Å². The molecule has 100 valence electrons. The summed E-state index contributed by atoms with van der Waals surface area (Å²) in [5, 5.41) is 3.35. The van der Waals surface area contributed by atoms with Crippen LogP contribution in [0.1, 0.15) is 13.3 Å². The molecule has 4 nitrogen and oxygen atoms in total. The van der Waals surface area contributed by atoms with Crippen LogP contribution in [0.15, 0.2) is 42.5 Å². The van der Waals surface area contributed by atoms with Crippen LogP contribution in [0.3, 0.4) is 0 Å². The van der Waals surface area contributed by atoms with E-state index in [4.69, 9.17) is 11.6 Å². The van der Waals surface area contributed by atoms with Gasteiger partial charge in [0.1, 0.15) is 0 Å². The summed E-state index contributed by atoms with van der Waals surface area (Å²) in [4.78, 5) is 0. The Morgan fingerprint density at radius 2 is 1.68 bits per heavy atom. The van der Waals surface area contributed by atoms with E-state index in [0.717, 1.165) is 35.5 Å². The van der Waals surface area contributed by atoms with E-state index < -0.39 is 0 Å². The van der Waals surface area contributed by atoms with Gasteiger partial charge in [-0.2, -0.15) is 0 Å². The molecule has 0 aliphatic rings. The minimum Gasteiger partial charge on any atom is -0.397 e. The molecular formula is C15H20N4. The van der Waals surface area contributed by atoms with Crippen LogP contribution >= 0.6 is 0 Å². The zero-order chi connectivity index (χ0) is 13.7. The lowest BCUT2D eigenvalue weighted by Gasteiger charge is -2.09. The third-order valence-electron chi connectivity index (χ3n) is 3.00. The molecule has 0 heterocycles. The average Bonchev–Trinajstić information content (AvgIpc) is 2.45. The zero-order valence-electron chi connectivity index (χ0n) is 11.1. The smallest absolute Gasteiger partial charge is 0.0716 e. The lowest BCUT2D eigenvalue weighted by Crippen LogP contribution is -2.08. The maximum absolute atomic E-state index is 5.91. The van der Waals surface area contributed by atoms with Gasteiger partial charge in [-0.05, 0) is 41.8 Å². The molecule has 0 radical (unpaired) electrons. The summed E-state index contributed by atoms with van der Waals surface area (Å²) < 4.78 is 0. The standard InChI is InChI=1S/C15H20N4/c1-2-9-18-13-6-3-11(4-7-13)12-5-8-15(19-17)14(16)10-12/h3-8,10,18-19H,2,9,16-17H2,1H3. The minimum absolute atomic E-state index is 0.646. The summed E-state index contributed by atoms with van der Waals surface area (Å²) in [5.41, 5.74) is 13.2. The molecule has 0 saturated carbocycles. The predicted molar refractivity (Wildman–Crippen MR) is 82.9 cm³/mol. The highest BCUT2D eigenvalue weighted by molar-refractivity contribution is 5.76. The van der Waals surface area contributed by atoms with E-state index in [-0.39, 0.29) is 0 Å². The number of nitrogen functional groups attached to an aromatic ring is 2. The van der Waals surface area contributed by atoms with Gasteiger partial charge in [-0.15, -0.1) is 0 Å². The molecular weight excluding hydrogens is 236 g/mol. The first-order chi connectivity index (χ1) is 9.24. The van der Waals surface area contributed by atoms with Crippen molar-refractivity contribution in [1.29, 1.82) is 0 Å². The highest BCUT2D eigenvalue weighted by atomic mass is 15.2. The molecule has 19 heavy (non-hydrogen) atoms. The summed E-state index contributed by atoms with van der Waals surface area (Å²) in [5.74, 6) is 5.37. The van der Waals surface area contributed by atoms with Crippen LogP contribution in [-0.4, -0.2) is 6.54 Å². The second-order valence-corrected chi connectivity index (χ2v) is 4.45. The number of rotatable bonds is 5. The van der Waals surface area contributed by atoms with Gasteiger partial charge in [0.15, 0.2) is 0 Å². The molecule has 0 bridgehead atoms. The van der Waals surface area contributed by atoms with Crippen molar-refractivity contribution in [2.45, 2.75) is 13.3 Å². The fraction of sp³-hybridized carbons (Fsp3) is 0.200. The molecule has 2 aromatic rings. The van der Waals surface area contributed by atoms with Crippen molar-refractivity contribution in [2.75, 3.05) is 23.0 Å². The van der Waals surface area contributed by atoms with Gasteiger partial charge in [-0.1, -0.05) is 25.1 Å². The van der Waals surface area contributed by atoms with Crippen molar-refractivity contribution in [3.05, 3.63) is 42.5 Å². The number of nitrogens with one attached hydrogen (secondary N) is 2. The van der Waals surface area contributed by atoms with E-state index in [1.165, 1.54) is 0 Å². The van der Waals surface area contributed by atoms with Gasteiger partial charge >= 0.3 is 0 Å². The van der Waals surface area contributed by atoms with Gasteiger partial charge in [0.05, 0.1) is 11.4 Å². The van der Waals surface area contributed by atoms with Crippen LogP contribution in [0.25, 0.3) is 11.1 Å². The van der Waals surface area contributed by atoms with Crippen LogP contribution in [0.2, 0.25) is 0 Å². The third-order valence-corrected chi connectivity index (χ3v) is 3.00. The minimum atomic E-state index is 0.646. The van der Waals surface area contributed by atoms with Gasteiger partial charge in [-0.3, -0.25) is 5.84 Å². The Morgan fingerprint density at radius 1 is 1.00 bits per heavy atom. The average molecular weight is 256 g/mol. The first kappa shape index (κ1) is 13.2. The maximum Gasteiger partial charge on any atom is 0.0716 e. The van der Waals surface area contributed by atoms with Crippen LogP contribution < -0.4 is 22.3 Å². The molecule has 4 heteroatoms. The van der Waals surface area contributed by atoms with Crippen molar-refractivity contribution < 1.29 is 0 Å². The van der Waals surface area contributed by atoms with Gasteiger partial charge in [0.25, 0.3) is 0 Å². The lowest BCUT2D eigenvalue weighted by molar-refractivity contribution is 0.980. The first-order valence-corrected chi connectivity index (χ1v) is 6.45. The van der Waals surface area contributed by atoms with Crippen molar-refractivity contribution >= 4 is 17.1 Å². The molecule has 6 N–H and O–H groups in total. The van der Waals surface area contributed by atoms with E-state index in [1.54, 1.807) is 0 Å². The zero-order valence-corrected chi connectivity index (χ0v) is 11.1. The largest absolute Gasteiger partial charge is 0.397 e. The number of hydrogen-bond donors (Lipinski definition) is 4. The van der Waals surface area contributed by atoms with Crippen LogP contribution in [0, 0.1) is 0 Å². The summed E-state index contributed by atoms with van der Waals surface area (Å²) in [6.45, 7) is 3.14. The van der Waals surface area contributed by atoms with E-state index >= 15 is 0 Å². The number of nitrogens with two attached hydrogens (primary N) is 2. The Morgan fingerprint density at radius 3 is 2.26 bits per heavy atom. The number of hydrazine groups is 1. The summed E-state index contributed by atoms with van der Waals surface area (Å²) in [6.07, 6.45) is 1.12. The summed E-state index contributed by atoms with van der Waals surface area (Å²) >= 11 is 0. The fourth-order valence-electron chi connectivity index (χ4n) is 1.92. The van der Waals surface area contributed by atoms with Gasteiger partial charge in [0.2, 0.25) is 0 Å². The predicted octanol–water partition coefficient (Wildman–Crippen LogP) is 3.04. The van der Waals surface area contributed by atoms with Crippen molar-refractivity contribution in [3.63, 3.8) is 0 Å². The molecule has 0 spiro atoms. The molecule has 0 saturated heterocycles. The Kier molecular flexibility index (Phi) is 4.26. The number of hydrogen-bond acceptors (Lipinski definition) is 4. The molecule has 0 aliphatic heterocycles. The second-order valence-electron chi connectivity index (χ2n) is 4.45. The van der Waals surface area contributed by atoms with Crippen molar-refractivity contribution in [2.24, 2.45) is 5.84 Å².